The van der Waals surface area contributed by atoms with Gasteiger partial charge in [0.1, 0.15) is 5.75 Å². The van der Waals surface area contributed by atoms with Gasteiger partial charge in [-0.3, -0.25) is 9.59 Å². The van der Waals surface area contributed by atoms with Crippen LogP contribution in [0.1, 0.15) is 27.0 Å². The first-order valence-electron chi connectivity index (χ1n) is 7.37. The maximum absolute atomic E-state index is 12.1. The number of aryl methyl sites for hydroxylation is 3. The number of ether oxygens (including phenoxy) is 1. The van der Waals surface area contributed by atoms with E-state index in [1.54, 1.807) is 6.07 Å². The number of nitrogens with two attached hydrogens (primary N) is 1. The monoisotopic (exact) mass is 346 g/mol. The van der Waals surface area contributed by atoms with Crippen molar-refractivity contribution in [1.82, 2.24) is 0 Å². The van der Waals surface area contributed by atoms with Gasteiger partial charge >= 0.3 is 0 Å². The molecule has 3 N–H and O–H groups in total. The minimum atomic E-state index is -0.668. The lowest BCUT2D eigenvalue weighted by Crippen LogP contribution is -2.22. The van der Waals surface area contributed by atoms with Crippen LogP contribution in [0.3, 0.4) is 0 Å². The first-order valence-corrected chi connectivity index (χ1v) is 7.75. The van der Waals surface area contributed by atoms with E-state index in [1.165, 1.54) is 12.1 Å². The van der Waals surface area contributed by atoms with Crippen LogP contribution in [-0.4, -0.2) is 18.4 Å². The summed E-state index contributed by atoms with van der Waals surface area (Å²) in [7, 11) is 0. The standard InChI is InChI=1S/C18H19ClN2O3/c1-10-6-11(2)17(12(3)7-10)21-16(22)9-24-15-5-4-13(19)8-14(15)18(20)23/h4-8H,9H2,1-3H3,(H2,20,23)(H,21,22). The molecule has 0 aliphatic heterocycles. The summed E-state index contributed by atoms with van der Waals surface area (Å²) in [5.74, 6) is -0.770. The molecule has 2 rings (SSSR count). The summed E-state index contributed by atoms with van der Waals surface area (Å²) < 4.78 is 5.42. The number of rotatable bonds is 5. The first-order chi connectivity index (χ1) is 11.3. The van der Waals surface area contributed by atoms with Gasteiger partial charge in [0.05, 0.1) is 5.56 Å². The van der Waals surface area contributed by atoms with Crippen LogP contribution in [-0.2, 0) is 4.79 Å². The fourth-order valence-corrected chi connectivity index (χ4v) is 2.69. The number of carbonyl (C=O) groups is 2. The molecular formula is C18H19ClN2O3. The molecule has 2 aromatic rings. The molecule has 0 saturated carbocycles. The van der Waals surface area contributed by atoms with Gasteiger partial charge in [-0.15, -0.1) is 0 Å². The molecule has 0 atom stereocenters. The van der Waals surface area contributed by atoms with Crippen LogP contribution in [0.25, 0.3) is 0 Å². The van der Waals surface area contributed by atoms with Crippen LogP contribution < -0.4 is 15.8 Å². The number of nitrogens with one attached hydrogen (secondary N) is 1. The van der Waals surface area contributed by atoms with Crippen molar-refractivity contribution >= 4 is 29.1 Å². The fraction of sp³-hybridized carbons (Fsp3) is 0.222. The Morgan fingerprint density at radius 1 is 1.12 bits per heavy atom. The van der Waals surface area contributed by atoms with E-state index in [-0.39, 0.29) is 23.8 Å². The zero-order valence-electron chi connectivity index (χ0n) is 13.8. The summed E-state index contributed by atoms with van der Waals surface area (Å²) in [6.45, 7) is 5.62. The van der Waals surface area contributed by atoms with Crippen LogP contribution in [0.4, 0.5) is 5.69 Å². The topological polar surface area (TPSA) is 81.4 Å². The Hall–Kier alpha value is -2.53. The van der Waals surface area contributed by atoms with E-state index in [9.17, 15) is 9.59 Å². The predicted molar refractivity (Wildman–Crippen MR) is 94.7 cm³/mol. The van der Waals surface area contributed by atoms with E-state index in [2.05, 4.69) is 5.32 Å². The van der Waals surface area contributed by atoms with E-state index >= 15 is 0 Å². The Labute approximate surface area is 145 Å². The van der Waals surface area contributed by atoms with E-state index in [1.807, 2.05) is 32.9 Å². The van der Waals surface area contributed by atoms with Crippen molar-refractivity contribution in [3.8, 4) is 5.75 Å². The van der Waals surface area contributed by atoms with Gasteiger partial charge in [-0.05, 0) is 50.1 Å². The number of primary amides is 1. The summed E-state index contributed by atoms with van der Waals surface area (Å²) >= 11 is 5.84. The highest BCUT2D eigenvalue weighted by Gasteiger charge is 2.13. The fourth-order valence-electron chi connectivity index (χ4n) is 2.52. The Morgan fingerprint density at radius 2 is 1.75 bits per heavy atom. The summed E-state index contributed by atoms with van der Waals surface area (Å²) in [4.78, 5) is 23.6. The number of amides is 2. The summed E-state index contributed by atoms with van der Waals surface area (Å²) in [6, 6.07) is 8.47. The Balaban J connectivity index is 2.09. The molecule has 5 nitrogen and oxygen atoms in total. The van der Waals surface area contributed by atoms with E-state index in [0.717, 1.165) is 22.4 Å². The maximum atomic E-state index is 12.1. The van der Waals surface area contributed by atoms with Crippen molar-refractivity contribution in [3.63, 3.8) is 0 Å². The van der Waals surface area contributed by atoms with Crippen molar-refractivity contribution in [3.05, 3.63) is 57.6 Å². The van der Waals surface area contributed by atoms with Crippen LogP contribution >= 0.6 is 11.6 Å². The molecule has 0 unspecified atom stereocenters. The number of anilines is 1. The average molecular weight is 347 g/mol. The molecule has 0 spiro atoms. The smallest absolute Gasteiger partial charge is 0.262 e. The molecule has 0 heterocycles. The molecule has 2 amide bonds. The largest absolute Gasteiger partial charge is 0.483 e. The first kappa shape index (κ1) is 17.8. The zero-order valence-corrected chi connectivity index (χ0v) is 14.5. The SMILES string of the molecule is Cc1cc(C)c(NC(=O)COc2ccc(Cl)cc2C(N)=O)c(C)c1. The van der Waals surface area contributed by atoms with Crippen LogP contribution in [0, 0.1) is 20.8 Å². The van der Waals surface area contributed by atoms with Gasteiger partial charge in [0.2, 0.25) is 0 Å². The minimum Gasteiger partial charge on any atom is -0.483 e. The van der Waals surface area contributed by atoms with Gasteiger partial charge in [-0.1, -0.05) is 29.3 Å². The van der Waals surface area contributed by atoms with Crippen LogP contribution in [0.2, 0.25) is 5.02 Å². The molecule has 0 bridgehead atoms. The van der Waals surface area contributed by atoms with Crippen molar-refractivity contribution in [1.29, 1.82) is 0 Å². The summed E-state index contributed by atoms with van der Waals surface area (Å²) in [5.41, 5.74) is 9.28. The molecule has 24 heavy (non-hydrogen) atoms. The van der Waals surface area contributed by atoms with E-state index in [4.69, 9.17) is 22.1 Å². The number of carbonyl (C=O) groups excluding carboxylic acids is 2. The van der Waals surface area contributed by atoms with Crippen LogP contribution in [0.5, 0.6) is 5.75 Å². The van der Waals surface area contributed by atoms with Gasteiger partial charge in [-0.2, -0.15) is 0 Å². The van der Waals surface area contributed by atoms with Gasteiger partial charge in [0.25, 0.3) is 11.8 Å². The Morgan fingerprint density at radius 3 is 2.33 bits per heavy atom. The molecule has 0 radical (unpaired) electrons. The van der Waals surface area contributed by atoms with Gasteiger partial charge < -0.3 is 15.8 Å². The molecule has 126 valence electrons. The molecule has 0 aliphatic carbocycles. The Kier molecular flexibility index (Phi) is 5.46. The van der Waals surface area contributed by atoms with E-state index in [0.29, 0.717) is 5.02 Å². The number of hydrogen-bond acceptors (Lipinski definition) is 3. The highest BCUT2D eigenvalue weighted by molar-refractivity contribution is 6.31. The molecule has 0 aromatic heterocycles. The zero-order chi connectivity index (χ0) is 17.9. The Bertz CT molecular complexity index is 780. The van der Waals surface area contributed by atoms with Gasteiger partial charge in [0, 0.05) is 10.7 Å². The third-order valence-electron chi connectivity index (χ3n) is 3.51. The quantitative estimate of drug-likeness (QED) is 0.870. The molecule has 0 aliphatic rings. The van der Waals surface area contributed by atoms with Crippen LogP contribution in [0.15, 0.2) is 30.3 Å². The lowest BCUT2D eigenvalue weighted by molar-refractivity contribution is -0.118. The third kappa shape index (κ3) is 4.26. The highest BCUT2D eigenvalue weighted by atomic mass is 35.5. The molecular weight excluding hydrogens is 328 g/mol. The lowest BCUT2D eigenvalue weighted by Gasteiger charge is -2.14. The number of benzene rings is 2. The van der Waals surface area contributed by atoms with Gasteiger partial charge in [0.15, 0.2) is 6.61 Å². The van der Waals surface area contributed by atoms with Crippen molar-refractivity contribution in [2.45, 2.75) is 20.8 Å². The average Bonchev–Trinajstić information content (AvgIpc) is 2.49. The van der Waals surface area contributed by atoms with Gasteiger partial charge in [-0.25, -0.2) is 0 Å². The summed E-state index contributed by atoms with van der Waals surface area (Å²) in [6.07, 6.45) is 0. The van der Waals surface area contributed by atoms with Crippen molar-refractivity contribution in [2.24, 2.45) is 5.73 Å². The molecule has 6 heteroatoms. The van der Waals surface area contributed by atoms with Crippen molar-refractivity contribution in [2.75, 3.05) is 11.9 Å². The molecule has 2 aromatic carbocycles. The molecule has 0 saturated heterocycles. The highest BCUT2D eigenvalue weighted by Crippen LogP contribution is 2.24. The van der Waals surface area contributed by atoms with E-state index < -0.39 is 5.91 Å². The normalized spacial score (nSPS) is 10.3. The second-order valence-corrected chi connectivity index (χ2v) is 6.05. The maximum Gasteiger partial charge on any atom is 0.262 e. The molecule has 0 fully saturated rings. The predicted octanol–water partition coefficient (Wildman–Crippen LogP) is 3.38. The second kappa shape index (κ2) is 7.36. The second-order valence-electron chi connectivity index (χ2n) is 5.62. The lowest BCUT2D eigenvalue weighted by atomic mass is 10.1. The summed E-state index contributed by atoms with van der Waals surface area (Å²) in [5, 5.41) is 3.20. The number of halogens is 1. The minimum absolute atomic E-state index is 0.137. The third-order valence-corrected chi connectivity index (χ3v) is 3.74. The number of hydrogen-bond donors (Lipinski definition) is 2. The van der Waals surface area contributed by atoms with Crippen molar-refractivity contribution < 1.29 is 14.3 Å².